The minimum atomic E-state index is -0.0513. The van der Waals surface area contributed by atoms with Crippen LogP contribution in [0.15, 0.2) is 24.4 Å². The molecule has 0 radical (unpaired) electrons. The number of piperazine rings is 1. The lowest BCUT2D eigenvalue weighted by Gasteiger charge is -2.33. The first kappa shape index (κ1) is 13.7. The molecule has 21 heavy (non-hydrogen) atoms. The van der Waals surface area contributed by atoms with Gasteiger partial charge in [-0.05, 0) is 18.6 Å². The number of nitrogens with zero attached hydrogens (tertiary/aromatic N) is 2. The molecule has 110 valence electrons. The zero-order valence-electron chi connectivity index (χ0n) is 12.3. The van der Waals surface area contributed by atoms with Gasteiger partial charge in [-0.2, -0.15) is 0 Å². The van der Waals surface area contributed by atoms with Crippen molar-refractivity contribution >= 4 is 23.1 Å². The molecule has 2 aliphatic rings. The quantitative estimate of drug-likeness (QED) is 0.795. The van der Waals surface area contributed by atoms with Crippen LogP contribution in [0.3, 0.4) is 0 Å². The molecule has 1 saturated heterocycles. The van der Waals surface area contributed by atoms with E-state index in [9.17, 15) is 9.59 Å². The number of carbonyl (C=O) groups is 2. The molecule has 2 aliphatic heterocycles. The second-order valence-corrected chi connectivity index (χ2v) is 5.59. The molecule has 2 amide bonds. The highest BCUT2D eigenvalue weighted by Crippen LogP contribution is 2.32. The summed E-state index contributed by atoms with van der Waals surface area (Å²) in [6.07, 6.45) is 1.92. The largest absolute Gasteiger partial charge is 0.373 e. The molecule has 1 aromatic rings. The number of rotatable bonds is 1. The number of nitrogens with one attached hydrogen (secondary N) is 1. The summed E-state index contributed by atoms with van der Waals surface area (Å²) in [5.41, 5.74) is 3.68. The van der Waals surface area contributed by atoms with Gasteiger partial charge in [0.1, 0.15) is 0 Å². The Balaban J connectivity index is 1.79. The van der Waals surface area contributed by atoms with Crippen LogP contribution in [0, 0.1) is 6.92 Å². The molecule has 2 heterocycles. The van der Waals surface area contributed by atoms with Crippen LogP contribution in [-0.2, 0) is 9.59 Å². The lowest BCUT2D eigenvalue weighted by atomic mass is 10.1. The zero-order chi connectivity index (χ0) is 15.0. The van der Waals surface area contributed by atoms with E-state index >= 15 is 0 Å². The van der Waals surface area contributed by atoms with Crippen LogP contribution in [0.4, 0.5) is 5.69 Å². The van der Waals surface area contributed by atoms with E-state index in [-0.39, 0.29) is 11.8 Å². The van der Waals surface area contributed by atoms with E-state index in [0.717, 1.165) is 29.9 Å². The van der Waals surface area contributed by atoms with E-state index < -0.39 is 0 Å². The van der Waals surface area contributed by atoms with Crippen LogP contribution in [0.25, 0.3) is 5.57 Å². The van der Waals surface area contributed by atoms with Gasteiger partial charge in [-0.3, -0.25) is 9.59 Å². The van der Waals surface area contributed by atoms with Gasteiger partial charge in [-0.15, -0.1) is 0 Å². The Morgan fingerprint density at radius 1 is 1.24 bits per heavy atom. The monoisotopic (exact) mass is 285 g/mol. The molecule has 1 fully saturated rings. The minimum absolute atomic E-state index is 0.0513. The van der Waals surface area contributed by atoms with Gasteiger partial charge >= 0.3 is 0 Å². The van der Waals surface area contributed by atoms with Crippen LogP contribution in [0.1, 0.15) is 18.1 Å². The number of aryl methyl sites for hydroxylation is 1. The van der Waals surface area contributed by atoms with Crippen LogP contribution in [0.2, 0.25) is 0 Å². The van der Waals surface area contributed by atoms with Crippen molar-refractivity contribution in [3.8, 4) is 0 Å². The van der Waals surface area contributed by atoms with Crippen molar-refractivity contribution in [2.45, 2.75) is 13.8 Å². The van der Waals surface area contributed by atoms with E-state index in [1.807, 2.05) is 36.2 Å². The number of hydrogen-bond acceptors (Lipinski definition) is 3. The van der Waals surface area contributed by atoms with Gasteiger partial charge in [0.25, 0.3) is 5.91 Å². The Labute approximate surface area is 124 Å². The SMILES string of the molecule is CC(=O)N1CCN(/C=C2/C(=O)Nc3cc(C)ccc32)CC1. The Kier molecular flexibility index (Phi) is 3.41. The van der Waals surface area contributed by atoms with Crippen LogP contribution >= 0.6 is 0 Å². The third-order valence-corrected chi connectivity index (χ3v) is 4.03. The van der Waals surface area contributed by atoms with Crippen molar-refractivity contribution in [1.29, 1.82) is 0 Å². The minimum Gasteiger partial charge on any atom is -0.373 e. The van der Waals surface area contributed by atoms with Crippen molar-refractivity contribution in [3.05, 3.63) is 35.5 Å². The van der Waals surface area contributed by atoms with Gasteiger partial charge in [0.05, 0.1) is 5.57 Å². The zero-order valence-corrected chi connectivity index (χ0v) is 12.3. The van der Waals surface area contributed by atoms with E-state index in [1.165, 1.54) is 0 Å². The maximum Gasteiger partial charge on any atom is 0.257 e. The molecule has 1 aromatic carbocycles. The van der Waals surface area contributed by atoms with Crippen molar-refractivity contribution in [1.82, 2.24) is 9.80 Å². The summed E-state index contributed by atoms with van der Waals surface area (Å²) in [6.45, 7) is 6.55. The molecule has 0 bridgehead atoms. The van der Waals surface area contributed by atoms with E-state index in [1.54, 1.807) is 6.92 Å². The van der Waals surface area contributed by atoms with Gasteiger partial charge in [0.2, 0.25) is 5.91 Å². The molecule has 3 rings (SSSR count). The maximum absolute atomic E-state index is 12.1. The summed E-state index contributed by atoms with van der Waals surface area (Å²) in [7, 11) is 0. The molecule has 0 atom stereocenters. The normalized spacial score (nSPS) is 19.7. The van der Waals surface area contributed by atoms with Gasteiger partial charge in [-0.1, -0.05) is 12.1 Å². The first-order chi connectivity index (χ1) is 10.0. The predicted octanol–water partition coefficient (Wildman–Crippen LogP) is 1.45. The Morgan fingerprint density at radius 3 is 2.62 bits per heavy atom. The molecule has 0 aliphatic carbocycles. The van der Waals surface area contributed by atoms with E-state index in [0.29, 0.717) is 18.7 Å². The lowest BCUT2D eigenvalue weighted by molar-refractivity contribution is -0.130. The summed E-state index contributed by atoms with van der Waals surface area (Å²) >= 11 is 0. The average Bonchev–Trinajstić information content (AvgIpc) is 2.75. The number of fused-ring (bicyclic) bond motifs is 1. The maximum atomic E-state index is 12.1. The molecule has 0 saturated carbocycles. The summed E-state index contributed by atoms with van der Waals surface area (Å²) in [5, 5.41) is 2.91. The third kappa shape index (κ3) is 2.63. The average molecular weight is 285 g/mol. The highest BCUT2D eigenvalue weighted by Gasteiger charge is 2.26. The first-order valence-electron chi connectivity index (χ1n) is 7.18. The molecule has 0 aromatic heterocycles. The van der Waals surface area contributed by atoms with E-state index in [4.69, 9.17) is 0 Å². The predicted molar refractivity (Wildman–Crippen MR) is 81.6 cm³/mol. The molecule has 0 spiro atoms. The van der Waals surface area contributed by atoms with Crippen molar-refractivity contribution < 1.29 is 9.59 Å². The second-order valence-electron chi connectivity index (χ2n) is 5.59. The number of hydrogen-bond donors (Lipinski definition) is 1. The van der Waals surface area contributed by atoms with Gasteiger partial charge < -0.3 is 15.1 Å². The molecule has 1 N–H and O–H groups in total. The lowest BCUT2D eigenvalue weighted by Crippen LogP contribution is -2.46. The Morgan fingerprint density at radius 2 is 1.95 bits per heavy atom. The molecule has 5 nitrogen and oxygen atoms in total. The summed E-state index contributed by atoms with van der Waals surface area (Å²) in [4.78, 5) is 27.4. The van der Waals surface area contributed by atoms with E-state index in [2.05, 4.69) is 10.2 Å². The number of amides is 2. The summed E-state index contributed by atoms with van der Waals surface area (Å²) in [5.74, 6) is 0.0614. The fraction of sp³-hybridized carbons (Fsp3) is 0.375. The van der Waals surface area contributed by atoms with Crippen LogP contribution < -0.4 is 5.32 Å². The van der Waals surface area contributed by atoms with Gasteiger partial charge in [0, 0.05) is 50.6 Å². The summed E-state index contributed by atoms with van der Waals surface area (Å²) < 4.78 is 0. The first-order valence-corrected chi connectivity index (χ1v) is 7.18. The van der Waals surface area contributed by atoms with Gasteiger partial charge in [0.15, 0.2) is 0 Å². The second kappa shape index (κ2) is 5.24. The van der Waals surface area contributed by atoms with Crippen molar-refractivity contribution in [3.63, 3.8) is 0 Å². The molecule has 0 unspecified atom stereocenters. The van der Waals surface area contributed by atoms with Crippen molar-refractivity contribution in [2.75, 3.05) is 31.5 Å². The third-order valence-electron chi connectivity index (χ3n) is 4.03. The number of anilines is 1. The molecule has 5 heteroatoms. The smallest absolute Gasteiger partial charge is 0.257 e. The molecular weight excluding hydrogens is 266 g/mol. The fourth-order valence-electron chi connectivity index (χ4n) is 2.78. The summed E-state index contributed by atoms with van der Waals surface area (Å²) in [6, 6.07) is 5.99. The topological polar surface area (TPSA) is 52.7 Å². The fourth-order valence-corrected chi connectivity index (χ4v) is 2.78. The number of benzene rings is 1. The van der Waals surface area contributed by atoms with Gasteiger partial charge in [-0.25, -0.2) is 0 Å². The molecular formula is C16H19N3O2. The Bertz CT molecular complexity index is 628. The Hall–Kier alpha value is -2.30. The highest BCUT2D eigenvalue weighted by molar-refractivity contribution is 6.31. The van der Waals surface area contributed by atoms with Crippen LogP contribution in [-0.4, -0.2) is 47.8 Å². The van der Waals surface area contributed by atoms with Crippen molar-refractivity contribution in [2.24, 2.45) is 0 Å². The standard InChI is InChI=1S/C16H19N3O2/c1-11-3-4-13-14(16(21)17-15(13)9-11)10-18-5-7-19(8-6-18)12(2)20/h3-4,9-10H,5-8H2,1-2H3,(H,17,21)/b14-10+. The van der Waals surface area contributed by atoms with Crippen LogP contribution in [0.5, 0.6) is 0 Å². The number of carbonyl (C=O) groups excluding carboxylic acids is 2. The highest BCUT2D eigenvalue weighted by atomic mass is 16.2.